The summed E-state index contributed by atoms with van der Waals surface area (Å²) in [7, 11) is 0. The van der Waals surface area contributed by atoms with Crippen molar-refractivity contribution in [3.63, 3.8) is 0 Å². The van der Waals surface area contributed by atoms with E-state index in [1.165, 1.54) is 0 Å². The molecule has 1 aliphatic rings. The minimum Gasteiger partial charge on any atom is -0.389 e. The maximum atomic E-state index is 11.1. The normalized spacial score (nSPS) is 27.7. The first-order valence-electron chi connectivity index (χ1n) is 3.63. The summed E-state index contributed by atoms with van der Waals surface area (Å²) in [5, 5.41) is 11.5. The van der Waals surface area contributed by atoms with Crippen LogP contribution >= 0.6 is 34.8 Å². The molecular weight excluding hydrogens is 236 g/mol. The monoisotopic (exact) mass is 243 g/mol. The number of nitrogens with one attached hydrogen (secondary N) is 1. The third-order valence-electron chi connectivity index (χ3n) is 1.63. The third-order valence-corrected chi connectivity index (χ3v) is 2.15. The number of hydrogen-bond acceptors (Lipinski definition) is 2. The van der Waals surface area contributed by atoms with Crippen LogP contribution in [0.5, 0.6) is 0 Å². The zero-order valence-electron chi connectivity index (χ0n) is 6.51. The van der Waals surface area contributed by atoms with Crippen molar-refractivity contribution in [3.8, 4) is 0 Å². The molecule has 1 rings (SSSR count). The van der Waals surface area contributed by atoms with Gasteiger partial charge in [0, 0.05) is 6.42 Å². The molecule has 0 fully saturated rings. The number of amides is 1. The molecule has 0 unspecified atom stereocenters. The Morgan fingerprint density at radius 2 is 2.08 bits per heavy atom. The summed E-state index contributed by atoms with van der Waals surface area (Å²) in [4.78, 5) is 11.1. The van der Waals surface area contributed by atoms with Crippen LogP contribution in [0.15, 0.2) is 12.2 Å². The molecule has 0 bridgehead atoms. The molecule has 0 spiro atoms. The number of halogens is 3. The largest absolute Gasteiger partial charge is 0.389 e. The van der Waals surface area contributed by atoms with Crippen LogP contribution < -0.4 is 5.32 Å². The second-order valence-electron chi connectivity index (χ2n) is 2.77. The van der Waals surface area contributed by atoms with Crippen molar-refractivity contribution in [2.24, 2.45) is 0 Å². The van der Waals surface area contributed by atoms with Crippen LogP contribution in [-0.4, -0.2) is 27.0 Å². The number of aliphatic hydroxyl groups excluding tert-OH is 1. The van der Waals surface area contributed by atoms with E-state index in [0.717, 1.165) is 0 Å². The molecule has 2 atom stereocenters. The predicted octanol–water partition coefficient (Wildman–Crippen LogP) is 1.16. The first kappa shape index (κ1) is 11.1. The molecule has 74 valence electrons. The molecular formula is C7H8Cl3NO2. The number of rotatable bonds is 1. The Labute approximate surface area is 90.6 Å². The van der Waals surface area contributed by atoms with E-state index < -0.39 is 15.8 Å². The fourth-order valence-electron chi connectivity index (χ4n) is 1.04. The van der Waals surface area contributed by atoms with Gasteiger partial charge in [0.05, 0.1) is 12.1 Å². The summed E-state index contributed by atoms with van der Waals surface area (Å²) in [5.41, 5.74) is 0. The number of carbonyl (C=O) groups excluding carboxylic acids is 1. The maximum absolute atomic E-state index is 11.1. The van der Waals surface area contributed by atoms with Gasteiger partial charge < -0.3 is 10.4 Å². The lowest BCUT2D eigenvalue weighted by Gasteiger charge is -2.15. The molecule has 0 aromatic heterocycles. The smallest absolute Gasteiger partial charge is 0.272 e. The molecule has 0 aromatic rings. The predicted molar refractivity (Wildman–Crippen MR) is 52.0 cm³/mol. The average molecular weight is 245 g/mol. The van der Waals surface area contributed by atoms with Crippen LogP contribution in [0.3, 0.4) is 0 Å². The lowest BCUT2D eigenvalue weighted by Crippen LogP contribution is -2.40. The Bertz CT molecular complexity index is 236. The van der Waals surface area contributed by atoms with Crippen molar-refractivity contribution in [1.82, 2.24) is 5.32 Å². The van der Waals surface area contributed by atoms with Crippen LogP contribution in [0.25, 0.3) is 0 Å². The number of aliphatic hydroxyl groups is 1. The Hall–Kier alpha value is 0.0400. The van der Waals surface area contributed by atoms with Crippen LogP contribution in [0.4, 0.5) is 0 Å². The lowest BCUT2D eigenvalue weighted by molar-refractivity contribution is -0.120. The topological polar surface area (TPSA) is 49.3 Å². The molecule has 6 heteroatoms. The fraction of sp³-hybridized carbons (Fsp3) is 0.571. The second-order valence-corrected chi connectivity index (χ2v) is 5.05. The molecule has 1 aliphatic carbocycles. The Balaban J connectivity index is 2.43. The highest BCUT2D eigenvalue weighted by Gasteiger charge is 2.32. The van der Waals surface area contributed by atoms with Gasteiger partial charge in [-0.3, -0.25) is 4.79 Å². The van der Waals surface area contributed by atoms with Gasteiger partial charge in [-0.25, -0.2) is 0 Å². The summed E-state index contributed by atoms with van der Waals surface area (Å²) >= 11 is 16.0. The van der Waals surface area contributed by atoms with Gasteiger partial charge in [0.2, 0.25) is 0 Å². The van der Waals surface area contributed by atoms with E-state index in [2.05, 4.69) is 5.32 Å². The van der Waals surface area contributed by atoms with E-state index in [0.29, 0.717) is 6.42 Å². The molecule has 0 saturated heterocycles. The molecule has 0 aliphatic heterocycles. The minimum absolute atomic E-state index is 0.252. The van der Waals surface area contributed by atoms with Crippen LogP contribution in [0.2, 0.25) is 0 Å². The van der Waals surface area contributed by atoms with Gasteiger partial charge in [0.25, 0.3) is 9.70 Å². The standard InChI is InChI=1S/C7H8Cl3NO2/c8-7(9,10)6(13)11-4-1-2-5(12)3-4/h1-2,4-5,12H,3H2,(H,11,13)/t4-,5+/m0/s1. The van der Waals surface area contributed by atoms with E-state index in [1.54, 1.807) is 12.2 Å². The SMILES string of the molecule is O=C(N[C@H]1C=C[C@@H](O)C1)C(Cl)(Cl)Cl. The lowest BCUT2D eigenvalue weighted by atomic mass is 10.2. The maximum Gasteiger partial charge on any atom is 0.272 e. The summed E-state index contributed by atoms with van der Waals surface area (Å²) in [6, 6.07) is -0.252. The molecule has 3 nitrogen and oxygen atoms in total. The van der Waals surface area contributed by atoms with Gasteiger partial charge in [-0.2, -0.15) is 0 Å². The Morgan fingerprint density at radius 1 is 1.46 bits per heavy atom. The zero-order chi connectivity index (χ0) is 10.1. The van der Waals surface area contributed by atoms with E-state index in [9.17, 15) is 4.79 Å². The molecule has 0 radical (unpaired) electrons. The van der Waals surface area contributed by atoms with Crippen molar-refractivity contribution < 1.29 is 9.90 Å². The summed E-state index contributed by atoms with van der Waals surface area (Å²) < 4.78 is -1.94. The number of hydrogen-bond donors (Lipinski definition) is 2. The highest BCUT2D eigenvalue weighted by atomic mass is 35.6. The highest BCUT2D eigenvalue weighted by Crippen LogP contribution is 2.26. The Morgan fingerprint density at radius 3 is 2.46 bits per heavy atom. The van der Waals surface area contributed by atoms with Crippen molar-refractivity contribution >= 4 is 40.7 Å². The van der Waals surface area contributed by atoms with E-state index in [1.807, 2.05) is 0 Å². The van der Waals surface area contributed by atoms with E-state index in [4.69, 9.17) is 39.9 Å². The van der Waals surface area contributed by atoms with Gasteiger partial charge >= 0.3 is 0 Å². The van der Waals surface area contributed by atoms with Gasteiger partial charge in [-0.05, 0) is 0 Å². The second kappa shape index (κ2) is 4.05. The summed E-state index contributed by atoms with van der Waals surface area (Å²) in [6.45, 7) is 0. The van der Waals surface area contributed by atoms with Crippen LogP contribution in [-0.2, 0) is 4.79 Å². The number of carbonyl (C=O) groups is 1. The number of alkyl halides is 3. The third kappa shape index (κ3) is 3.35. The van der Waals surface area contributed by atoms with E-state index in [-0.39, 0.29) is 6.04 Å². The zero-order valence-corrected chi connectivity index (χ0v) is 8.77. The van der Waals surface area contributed by atoms with Gasteiger partial charge in [-0.15, -0.1) is 0 Å². The highest BCUT2D eigenvalue weighted by molar-refractivity contribution is 6.76. The summed E-state index contributed by atoms with van der Waals surface area (Å²) in [6.07, 6.45) is 3.15. The van der Waals surface area contributed by atoms with E-state index >= 15 is 0 Å². The summed E-state index contributed by atoms with van der Waals surface area (Å²) in [5.74, 6) is -0.679. The van der Waals surface area contributed by atoms with Crippen molar-refractivity contribution in [1.29, 1.82) is 0 Å². The molecule has 0 heterocycles. The van der Waals surface area contributed by atoms with Crippen molar-refractivity contribution in [2.75, 3.05) is 0 Å². The molecule has 13 heavy (non-hydrogen) atoms. The van der Waals surface area contributed by atoms with Crippen molar-refractivity contribution in [3.05, 3.63) is 12.2 Å². The first-order valence-corrected chi connectivity index (χ1v) is 4.77. The van der Waals surface area contributed by atoms with Crippen molar-refractivity contribution in [2.45, 2.75) is 22.4 Å². The fourth-order valence-corrected chi connectivity index (χ4v) is 1.20. The molecule has 1 amide bonds. The van der Waals surface area contributed by atoms with Gasteiger partial charge in [0.1, 0.15) is 0 Å². The minimum atomic E-state index is -1.94. The van der Waals surface area contributed by atoms with Crippen LogP contribution in [0, 0.1) is 0 Å². The first-order chi connectivity index (χ1) is 5.89. The molecule has 0 aromatic carbocycles. The van der Waals surface area contributed by atoms with Gasteiger partial charge in [-0.1, -0.05) is 47.0 Å². The quantitative estimate of drug-likeness (QED) is 0.537. The molecule has 2 N–H and O–H groups in total. The Kier molecular flexibility index (Phi) is 3.46. The molecule has 0 saturated carbocycles. The average Bonchev–Trinajstić information content (AvgIpc) is 2.33. The van der Waals surface area contributed by atoms with Gasteiger partial charge in [0.15, 0.2) is 0 Å². The van der Waals surface area contributed by atoms with Crippen LogP contribution in [0.1, 0.15) is 6.42 Å².